The van der Waals surface area contributed by atoms with E-state index in [0.717, 1.165) is 48.0 Å². The van der Waals surface area contributed by atoms with Gasteiger partial charge < -0.3 is 10.1 Å². The number of fused-ring (bicyclic) bond motifs is 1. The third-order valence-corrected chi connectivity index (χ3v) is 4.99. The smallest absolute Gasteiger partial charge is 0.252 e. The molecule has 26 heavy (non-hydrogen) atoms. The molecule has 0 unspecified atom stereocenters. The second-order valence-electron chi connectivity index (χ2n) is 6.79. The number of aromatic nitrogens is 3. The van der Waals surface area contributed by atoms with Gasteiger partial charge in [-0.1, -0.05) is 6.07 Å². The largest absolute Gasteiger partial charge is 0.489 e. The van der Waals surface area contributed by atoms with Crippen molar-refractivity contribution < 1.29 is 9.53 Å². The van der Waals surface area contributed by atoms with Gasteiger partial charge >= 0.3 is 0 Å². The molecule has 0 aliphatic heterocycles. The maximum atomic E-state index is 12.6. The van der Waals surface area contributed by atoms with Gasteiger partial charge in [-0.05, 0) is 56.9 Å². The molecule has 1 aromatic carbocycles. The monoisotopic (exact) mass is 350 g/mol. The van der Waals surface area contributed by atoms with Crippen LogP contribution in [0.3, 0.4) is 0 Å². The van der Waals surface area contributed by atoms with Gasteiger partial charge in [-0.15, -0.1) is 0 Å². The van der Waals surface area contributed by atoms with E-state index in [-0.39, 0.29) is 18.1 Å². The Hall–Kier alpha value is -2.89. The molecule has 0 bridgehead atoms. The predicted octanol–water partition coefficient (Wildman–Crippen LogP) is 3.39. The summed E-state index contributed by atoms with van der Waals surface area (Å²) in [4.78, 5) is 16.9. The van der Waals surface area contributed by atoms with Gasteiger partial charge in [0.25, 0.3) is 5.91 Å². The second-order valence-corrected chi connectivity index (χ2v) is 6.79. The fourth-order valence-electron chi connectivity index (χ4n) is 3.53. The van der Waals surface area contributed by atoms with Crippen molar-refractivity contribution in [2.45, 2.75) is 44.8 Å². The van der Waals surface area contributed by atoms with Gasteiger partial charge in [0.1, 0.15) is 5.75 Å². The van der Waals surface area contributed by atoms with Crippen molar-refractivity contribution in [2.75, 3.05) is 0 Å². The van der Waals surface area contributed by atoms with E-state index >= 15 is 0 Å². The van der Waals surface area contributed by atoms with Crippen LogP contribution in [0.2, 0.25) is 0 Å². The SMILES string of the molecule is Cc1ncccc1OC1CCC(NC(=O)c2cccc3[nH]ncc23)CC1. The lowest BCUT2D eigenvalue weighted by Gasteiger charge is -2.29. The maximum absolute atomic E-state index is 12.6. The van der Waals surface area contributed by atoms with E-state index in [9.17, 15) is 4.79 Å². The molecule has 4 rings (SSSR count). The van der Waals surface area contributed by atoms with Crippen molar-refractivity contribution in [2.24, 2.45) is 0 Å². The molecule has 1 aliphatic rings. The van der Waals surface area contributed by atoms with E-state index in [2.05, 4.69) is 20.5 Å². The first-order valence-electron chi connectivity index (χ1n) is 9.02. The zero-order valence-electron chi connectivity index (χ0n) is 14.7. The quantitative estimate of drug-likeness (QED) is 0.756. The number of pyridine rings is 1. The van der Waals surface area contributed by atoms with E-state index in [1.54, 1.807) is 12.4 Å². The molecular formula is C20H22N4O2. The Kier molecular flexibility index (Phi) is 4.56. The minimum Gasteiger partial charge on any atom is -0.489 e. The number of amides is 1. The lowest BCUT2D eigenvalue weighted by atomic mass is 9.92. The van der Waals surface area contributed by atoms with Gasteiger partial charge in [-0.3, -0.25) is 14.9 Å². The van der Waals surface area contributed by atoms with E-state index in [1.807, 2.05) is 37.3 Å². The highest BCUT2D eigenvalue weighted by atomic mass is 16.5. The number of benzene rings is 1. The number of H-pyrrole nitrogens is 1. The predicted molar refractivity (Wildman–Crippen MR) is 99.2 cm³/mol. The van der Waals surface area contributed by atoms with E-state index in [4.69, 9.17) is 4.74 Å². The first-order chi connectivity index (χ1) is 12.7. The molecule has 1 aliphatic carbocycles. The molecule has 2 N–H and O–H groups in total. The average molecular weight is 350 g/mol. The summed E-state index contributed by atoms with van der Waals surface area (Å²) in [6, 6.07) is 9.66. The van der Waals surface area contributed by atoms with Crippen LogP contribution in [0, 0.1) is 6.92 Å². The zero-order valence-corrected chi connectivity index (χ0v) is 14.7. The highest BCUT2D eigenvalue weighted by Crippen LogP contribution is 2.25. The minimum absolute atomic E-state index is 0.0375. The van der Waals surface area contributed by atoms with Gasteiger partial charge in [0.2, 0.25) is 0 Å². The first-order valence-corrected chi connectivity index (χ1v) is 9.02. The van der Waals surface area contributed by atoms with Crippen LogP contribution in [0.1, 0.15) is 41.7 Å². The third kappa shape index (κ3) is 3.40. The molecule has 3 aromatic rings. The molecule has 1 fully saturated rings. The molecular weight excluding hydrogens is 328 g/mol. The van der Waals surface area contributed by atoms with Crippen LogP contribution < -0.4 is 10.1 Å². The van der Waals surface area contributed by atoms with Gasteiger partial charge in [-0.25, -0.2) is 0 Å². The van der Waals surface area contributed by atoms with Crippen LogP contribution in [-0.4, -0.2) is 33.2 Å². The fourth-order valence-corrected chi connectivity index (χ4v) is 3.53. The highest BCUT2D eigenvalue weighted by molar-refractivity contribution is 6.06. The van der Waals surface area contributed by atoms with Crippen molar-refractivity contribution in [3.63, 3.8) is 0 Å². The van der Waals surface area contributed by atoms with Crippen LogP contribution in [0.5, 0.6) is 5.75 Å². The molecule has 0 spiro atoms. The molecule has 1 amide bonds. The molecule has 6 nitrogen and oxygen atoms in total. The summed E-state index contributed by atoms with van der Waals surface area (Å²) >= 11 is 0. The Bertz CT molecular complexity index is 913. The lowest BCUT2D eigenvalue weighted by Crippen LogP contribution is -2.39. The van der Waals surface area contributed by atoms with Gasteiger partial charge in [0, 0.05) is 17.6 Å². The minimum atomic E-state index is -0.0375. The van der Waals surface area contributed by atoms with Crippen LogP contribution in [0.25, 0.3) is 10.9 Å². The summed E-state index contributed by atoms with van der Waals surface area (Å²) in [5, 5.41) is 10.9. The second kappa shape index (κ2) is 7.15. The van der Waals surface area contributed by atoms with Crippen LogP contribution in [0.15, 0.2) is 42.7 Å². The molecule has 0 atom stereocenters. The topological polar surface area (TPSA) is 79.9 Å². The summed E-state index contributed by atoms with van der Waals surface area (Å²) in [7, 11) is 0. The number of hydrogen-bond acceptors (Lipinski definition) is 4. The first kappa shape index (κ1) is 16.6. The summed E-state index contributed by atoms with van der Waals surface area (Å²) in [5.41, 5.74) is 2.46. The summed E-state index contributed by atoms with van der Waals surface area (Å²) in [6.45, 7) is 1.96. The highest BCUT2D eigenvalue weighted by Gasteiger charge is 2.25. The number of carbonyl (C=O) groups excluding carboxylic acids is 1. The third-order valence-electron chi connectivity index (χ3n) is 4.99. The normalized spacial score (nSPS) is 20.0. The summed E-state index contributed by atoms with van der Waals surface area (Å²) in [6.07, 6.45) is 7.34. The van der Waals surface area contributed by atoms with E-state index in [0.29, 0.717) is 5.56 Å². The number of hydrogen-bond donors (Lipinski definition) is 2. The maximum Gasteiger partial charge on any atom is 0.252 e. The Morgan fingerprint density at radius 2 is 2.04 bits per heavy atom. The van der Waals surface area contributed by atoms with Crippen molar-refractivity contribution >= 4 is 16.8 Å². The average Bonchev–Trinajstić information content (AvgIpc) is 3.14. The van der Waals surface area contributed by atoms with Crippen molar-refractivity contribution in [3.8, 4) is 5.75 Å². The van der Waals surface area contributed by atoms with E-state index < -0.39 is 0 Å². The van der Waals surface area contributed by atoms with E-state index in [1.165, 1.54) is 0 Å². The molecule has 0 radical (unpaired) electrons. The van der Waals surface area contributed by atoms with Crippen LogP contribution in [0.4, 0.5) is 0 Å². The van der Waals surface area contributed by atoms with Gasteiger partial charge in [0.05, 0.1) is 29.1 Å². The van der Waals surface area contributed by atoms with Crippen molar-refractivity contribution in [1.29, 1.82) is 0 Å². The summed E-state index contributed by atoms with van der Waals surface area (Å²) < 4.78 is 6.08. The van der Waals surface area contributed by atoms with Crippen LogP contribution in [-0.2, 0) is 0 Å². The number of rotatable bonds is 4. The van der Waals surface area contributed by atoms with Crippen molar-refractivity contribution in [1.82, 2.24) is 20.5 Å². The Labute approximate surface area is 152 Å². The van der Waals surface area contributed by atoms with Crippen molar-refractivity contribution in [3.05, 3.63) is 54.0 Å². The molecule has 0 saturated heterocycles. The number of carbonyl (C=O) groups is 1. The number of nitrogens with one attached hydrogen (secondary N) is 2. The summed E-state index contributed by atoms with van der Waals surface area (Å²) in [5.74, 6) is 0.816. The fraction of sp³-hybridized carbons (Fsp3) is 0.350. The lowest BCUT2D eigenvalue weighted by molar-refractivity contribution is 0.0895. The Morgan fingerprint density at radius 1 is 1.19 bits per heavy atom. The van der Waals surface area contributed by atoms with Gasteiger partial charge in [0.15, 0.2) is 0 Å². The molecule has 6 heteroatoms. The molecule has 2 aromatic heterocycles. The standard InChI is InChI=1S/C20H22N4O2/c1-13-19(6-3-11-21-13)26-15-9-7-14(8-10-15)23-20(25)16-4-2-5-18-17(16)12-22-24-18/h2-6,11-12,14-15H,7-10H2,1H3,(H,22,24)(H,23,25). The Balaban J connectivity index is 1.34. The van der Waals surface area contributed by atoms with Crippen LogP contribution >= 0.6 is 0 Å². The zero-order chi connectivity index (χ0) is 17.9. The molecule has 1 saturated carbocycles. The number of aromatic amines is 1. The number of nitrogens with zero attached hydrogens (tertiary/aromatic N) is 2. The number of aryl methyl sites for hydroxylation is 1. The number of ether oxygens (including phenoxy) is 1. The molecule has 134 valence electrons. The molecule has 2 heterocycles. The Morgan fingerprint density at radius 3 is 2.85 bits per heavy atom. The van der Waals surface area contributed by atoms with Gasteiger partial charge in [-0.2, -0.15) is 5.10 Å².